The molecule has 1 aliphatic heterocycles. The lowest BCUT2D eigenvalue weighted by molar-refractivity contribution is 0.402. The van der Waals surface area contributed by atoms with Gasteiger partial charge in [-0.05, 0) is 31.2 Å². The Kier molecular flexibility index (Phi) is 4.82. The lowest BCUT2D eigenvalue weighted by Crippen LogP contribution is -2.51. The van der Waals surface area contributed by atoms with Crippen LogP contribution in [0.1, 0.15) is 5.82 Å². The molecule has 146 valence electrons. The first-order valence-electron chi connectivity index (χ1n) is 8.91. The summed E-state index contributed by atoms with van der Waals surface area (Å²) in [5.74, 6) is 1.67. The normalized spacial score (nSPS) is 14.9. The van der Waals surface area contributed by atoms with Crippen molar-refractivity contribution in [1.29, 1.82) is 0 Å². The summed E-state index contributed by atoms with van der Waals surface area (Å²) >= 11 is 0. The first kappa shape index (κ1) is 18.5. The van der Waals surface area contributed by atoms with Crippen molar-refractivity contribution in [1.82, 2.24) is 29.5 Å². The number of anilines is 1. The standard InChI is InChI=1S/C18H21N7O2S/c1-13-21-18(12-24(13)2)28(26,27)20-9-14-10-25(11-14)17-4-3-16(22-23-17)15-5-7-19-8-6-15/h3-8,12,14,20H,9-11H2,1-2H3. The molecule has 3 aromatic heterocycles. The number of aromatic nitrogens is 5. The molecule has 0 aromatic carbocycles. The molecule has 1 saturated heterocycles. The number of aryl methyl sites for hydroxylation is 2. The molecule has 4 heterocycles. The fourth-order valence-electron chi connectivity index (χ4n) is 3.01. The van der Waals surface area contributed by atoms with Crippen LogP contribution in [-0.4, -0.2) is 52.8 Å². The van der Waals surface area contributed by atoms with Gasteiger partial charge in [-0.1, -0.05) is 0 Å². The second-order valence-corrected chi connectivity index (χ2v) is 8.59. The Morgan fingerprint density at radius 1 is 1.14 bits per heavy atom. The van der Waals surface area contributed by atoms with Gasteiger partial charge >= 0.3 is 0 Å². The average molecular weight is 399 g/mol. The van der Waals surface area contributed by atoms with Crippen molar-refractivity contribution in [2.24, 2.45) is 13.0 Å². The van der Waals surface area contributed by atoms with Crippen LogP contribution in [-0.2, 0) is 17.1 Å². The van der Waals surface area contributed by atoms with E-state index in [2.05, 4.69) is 29.8 Å². The summed E-state index contributed by atoms with van der Waals surface area (Å²) in [5.41, 5.74) is 1.76. The van der Waals surface area contributed by atoms with E-state index in [1.807, 2.05) is 24.3 Å². The van der Waals surface area contributed by atoms with Crippen LogP contribution >= 0.6 is 0 Å². The minimum absolute atomic E-state index is 0.0567. The molecule has 1 N–H and O–H groups in total. The van der Waals surface area contributed by atoms with Gasteiger partial charge in [0.2, 0.25) is 0 Å². The number of hydrogen-bond donors (Lipinski definition) is 1. The fourth-order valence-corrected chi connectivity index (χ4v) is 4.17. The summed E-state index contributed by atoms with van der Waals surface area (Å²) in [6, 6.07) is 7.63. The van der Waals surface area contributed by atoms with Crippen LogP contribution in [0.25, 0.3) is 11.3 Å². The van der Waals surface area contributed by atoms with Crippen molar-refractivity contribution in [2.75, 3.05) is 24.5 Å². The highest BCUT2D eigenvalue weighted by Gasteiger charge is 2.30. The molecule has 0 saturated carbocycles. The smallest absolute Gasteiger partial charge is 0.259 e. The predicted molar refractivity (Wildman–Crippen MR) is 104 cm³/mol. The Morgan fingerprint density at radius 2 is 1.89 bits per heavy atom. The zero-order chi connectivity index (χ0) is 19.7. The van der Waals surface area contributed by atoms with Gasteiger partial charge in [0.25, 0.3) is 10.0 Å². The van der Waals surface area contributed by atoms with Crippen molar-refractivity contribution in [2.45, 2.75) is 11.9 Å². The molecular formula is C18H21N7O2S. The van der Waals surface area contributed by atoms with Crippen molar-refractivity contribution < 1.29 is 8.42 Å². The van der Waals surface area contributed by atoms with Gasteiger partial charge in [-0.2, -0.15) is 0 Å². The van der Waals surface area contributed by atoms with Crippen LogP contribution in [0.5, 0.6) is 0 Å². The van der Waals surface area contributed by atoms with Crippen LogP contribution < -0.4 is 9.62 Å². The lowest BCUT2D eigenvalue weighted by Gasteiger charge is -2.39. The van der Waals surface area contributed by atoms with E-state index in [1.54, 1.807) is 30.9 Å². The molecule has 0 atom stereocenters. The van der Waals surface area contributed by atoms with Crippen molar-refractivity contribution >= 4 is 15.8 Å². The van der Waals surface area contributed by atoms with Gasteiger partial charge in [0.1, 0.15) is 5.82 Å². The molecule has 0 aliphatic carbocycles. The quantitative estimate of drug-likeness (QED) is 0.659. The van der Waals surface area contributed by atoms with Crippen LogP contribution in [0.15, 0.2) is 47.9 Å². The van der Waals surface area contributed by atoms with E-state index in [1.165, 1.54) is 6.20 Å². The Morgan fingerprint density at radius 3 is 2.50 bits per heavy atom. The van der Waals surface area contributed by atoms with Crippen molar-refractivity contribution in [3.8, 4) is 11.3 Å². The van der Waals surface area contributed by atoms with E-state index in [9.17, 15) is 8.42 Å². The summed E-state index contributed by atoms with van der Waals surface area (Å²) in [6.45, 7) is 3.60. The van der Waals surface area contributed by atoms with Gasteiger partial charge < -0.3 is 9.47 Å². The monoisotopic (exact) mass is 399 g/mol. The average Bonchev–Trinajstić information content (AvgIpc) is 3.01. The molecular weight excluding hydrogens is 378 g/mol. The molecule has 0 radical (unpaired) electrons. The lowest BCUT2D eigenvalue weighted by atomic mass is 10.0. The zero-order valence-corrected chi connectivity index (χ0v) is 16.5. The summed E-state index contributed by atoms with van der Waals surface area (Å²) in [5, 5.41) is 8.61. The highest BCUT2D eigenvalue weighted by molar-refractivity contribution is 7.89. The van der Waals surface area contributed by atoms with Gasteiger partial charge in [-0.15, -0.1) is 10.2 Å². The molecule has 10 heteroatoms. The van der Waals surface area contributed by atoms with Crippen LogP contribution in [0.4, 0.5) is 5.82 Å². The first-order chi connectivity index (χ1) is 13.4. The number of pyridine rings is 1. The fraction of sp³-hybridized carbons (Fsp3) is 0.333. The van der Waals surface area contributed by atoms with Crippen LogP contribution in [0.2, 0.25) is 0 Å². The summed E-state index contributed by atoms with van der Waals surface area (Å²) < 4.78 is 29.0. The number of rotatable bonds is 6. The van der Waals surface area contributed by atoms with E-state index in [4.69, 9.17) is 0 Å². The Labute approximate surface area is 163 Å². The Balaban J connectivity index is 1.31. The Bertz CT molecular complexity index is 1040. The van der Waals surface area contributed by atoms with E-state index < -0.39 is 10.0 Å². The highest BCUT2D eigenvalue weighted by atomic mass is 32.2. The van der Waals surface area contributed by atoms with Gasteiger partial charge in [-0.3, -0.25) is 4.98 Å². The molecule has 4 rings (SSSR count). The zero-order valence-electron chi connectivity index (χ0n) is 15.6. The SMILES string of the molecule is Cc1nc(S(=O)(=O)NCC2CN(c3ccc(-c4ccncc4)nn3)C2)cn1C. The van der Waals surface area contributed by atoms with E-state index in [0.29, 0.717) is 12.4 Å². The van der Waals surface area contributed by atoms with E-state index in [-0.39, 0.29) is 10.9 Å². The third-order valence-electron chi connectivity index (χ3n) is 4.83. The maximum absolute atomic E-state index is 12.3. The molecule has 1 fully saturated rings. The van der Waals surface area contributed by atoms with Crippen LogP contribution in [0.3, 0.4) is 0 Å². The number of sulfonamides is 1. The van der Waals surface area contributed by atoms with E-state index in [0.717, 1.165) is 30.2 Å². The number of hydrogen-bond acceptors (Lipinski definition) is 7. The third kappa shape index (κ3) is 3.73. The van der Waals surface area contributed by atoms with Gasteiger partial charge in [-0.25, -0.2) is 18.1 Å². The minimum atomic E-state index is -3.59. The van der Waals surface area contributed by atoms with Gasteiger partial charge in [0.15, 0.2) is 10.8 Å². The second kappa shape index (κ2) is 7.28. The maximum Gasteiger partial charge on any atom is 0.259 e. The van der Waals surface area contributed by atoms with Gasteiger partial charge in [0.05, 0.1) is 5.69 Å². The molecule has 0 bridgehead atoms. The summed E-state index contributed by atoms with van der Waals surface area (Å²) in [7, 11) is -1.82. The number of imidazole rings is 1. The first-order valence-corrected chi connectivity index (χ1v) is 10.4. The minimum Gasteiger partial charge on any atom is -0.354 e. The maximum atomic E-state index is 12.3. The third-order valence-corrected chi connectivity index (χ3v) is 6.13. The molecule has 1 aliphatic rings. The molecule has 0 spiro atoms. The summed E-state index contributed by atoms with van der Waals surface area (Å²) in [4.78, 5) is 10.2. The van der Waals surface area contributed by atoms with Crippen molar-refractivity contribution in [3.63, 3.8) is 0 Å². The topological polar surface area (TPSA) is 106 Å². The van der Waals surface area contributed by atoms with Crippen molar-refractivity contribution in [3.05, 3.63) is 48.7 Å². The van der Waals surface area contributed by atoms with E-state index >= 15 is 0 Å². The number of nitrogens with zero attached hydrogens (tertiary/aromatic N) is 6. The predicted octanol–water partition coefficient (Wildman–Crippen LogP) is 0.995. The molecule has 3 aromatic rings. The molecule has 0 unspecified atom stereocenters. The second-order valence-electron chi connectivity index (χ2n) is 6.87. The Hall–Kier alpha value is -2.85. The van der Waals surface area contributed by atoms with Crippen LogP contribution in [0, 0.1) is 12.8 Å². The molecule has 9 nitrogen and oxygen atoms in total. The highest BCUT2D eigenvalue weighted by Crippen LogP contribution is 2.24. The van der Waals surface area contributed by atoms with Gasteiger partial charge in [0, 0.05) is 56.8 Å². The molecule has 28 heavy (non-hydrogen) atoms. The number of nitrogens with one attached hydrogen (secondary N) is 1. The summed E-state index contributed by atoms with van der Waals surface area (Å²) in [6.07, 6.45) is 4.96. The molecule has 0 amide bonds. The largest absolute Gasteiger partial charge is 0.354 e.